The topological polar surface area (TPSA) is 95.6 Å². The number of hydrogen-bond donors (Lipinski definition) is 2. The molecular formula is C26H28FN3O4S. The summed E-state index contributed by atoms with van der Waals surface area (Å²) < 4.78 is 39.2. The molecule has 3 aromatic carbocycles. The predicted octanol–water partition coefficient (Wildman–Crippen LogP) is 4.57. The molecule has 3 rings (SSSR count). The lowest BCUT2D eigenvalue weighted by Gasteiger charge is -2.23. The fourth-order valence-electron chi connectivity index (χ4n) is 3.33. The zero-order valence-electron chi connectivity index (χ0n) is 20.0. The third-order valence-corrected chi connectivity index (χ3v) is 6.11. The van der Waals surface area contributed by atoms with Gasteiger partial charge in [0.05, 0.1) is 29.7 Å². The molecule has 0 fully saturated rings. The van der Waals surface area contributed by atoms with E-state index < -0.39 is 27.3 Å². The van der Waals surface area contributed by atoms with Crippen LogP contribution in [-0.2, 0) is 16.6 Å². The first-order valence-electron chi connectivity index (χ1n) is 10.9. The van der Waals surface area contributed by atoms with Crippen LogP contribution in [0.25, 0.3) is 0 Å². The van der Waals surface area contributed by atoms with E-state index in [1.165, 1.54) is 52.8 Å². The van der Waals surface area contributed by atoms with Gasteiger partial charge in [0.2, 0.25) is 10.0 Å². The van der Waals surface area contributed by atoms with Crippen LogP contribution in [0.4, 0.5) is 15.8 Å². The maximum atomic E-state index is 13.2. The Kier molecular flexibility index (Phi) is 7.60. The minimum Gasteiger partial charge on any atom is -0.347 e. The molecule has 0 radical (unpaired) electrons. The molecule has 35 heavy (non-hydrogen) atoms. The lowest BCUT2D eigenvalue weighted by Crippen LogP contribution is -2.40. The van der Waals surface area contributed by atoms with E-state index in [2.05, 4.69) is 10.6 Å². The van der Waals surface area contributed by atoms with Gasteiger partial charge >= 0.3 is 0 Å². The molecule has 0 spiro atoms. The molecule has 0 aromatic heterocycles. The van der Waals surface area contributed by atoms with Crippen molar-refractivity contribution in [3.05, 3.63) is 95.3 Å². The van der Waals surface area contributed by atoms with Crippen molar-refractivity contribution in [1.82, 2.24) is 5.32 Å². The first kappa shape index (κ1) is 25.9. The quantitative estimate of drug-likeness (QED) is 0.500. The van der Waals surface area contributed by atoms with Crippen LogP contribution >= 0.6 is 0 Å². The number of hydrogen-bond acceptors (Lipinski definition) is 4. The Balaban J connectivity index is 1.80. The molecule has 2 amide bonds. The molecular weight excluding hydrogens is 469 g/mol. The minimum atomic E-state index is -3.64. The highest BCUT2D eigenvalue weighted by atomic mass is 32.2. The van der Waals surface area contributed by atoms with Crippen LogP contribution in [0.5, 0.6) is 0 Å². The largest absolute Gasteiger partial charge is 0.347 e. The van der Waals surface area contributed by atoms with Gasteiger partial charge in [-0.05, 0) is 74.9 Å². The van der Waals surface area contributed by atoms with Gasteiger partial charge in [-0.2, -0.15) is 0 Å². The SMILES string of the molecule is CC(C)(C)NC(=O)c1ccccc1NC(=O)c1ccc(N(Cc2ccc(F)cc2)S(C)(=O)=O)cc1. The Labute approximate surface area is 205 Å². The zero-order valence-corrected chi connectivity index (χ0v) is 20.8. The van der Waals surface area contributed by atoms with Gasteiger partial charge < -0.3 is 10.6 Å². The summed E-state index contributed by atoms with van der Waals surface area (Å²) in [5.74, 6) is -1.17. The number of amides is 2. The summed E-state index contributed by atoms with van der Waals surface area (Å²) in [6.45, 7) is 5.61. The summed E-state index contributed by atoms with van der Waals surface area (Å²) in [5, 5.41) is 5.62. The Hall–Kier alpha value is -3.72. The summed E-state index contributed by atoms with van der Waals surface area (Å²) in [6, 6.07) is 18.3. The number of anilines is 2. The van der Waals surface area contributed by atoms with Gasteiger partial charge in [-0.25, -0.2) is 12.8 Å². The highest BCUT2D eigenvalue weighted by molar-refractivity contribution is 7.92. The van der Waals surface area contributed by atoms with E-state index in [0.717, 1.165) is 6.26 Å². The summed E-state index contributed by atoms with van der Waals surface area (Å²) in [5.41, 5.74) is 1.51. The normalized spacial score (nSPS) is 11.6. The molecule has 0 aliphatic rings. The smallest absolute Gasteiger partial charge is 0.255 e. The van der Waals surface area contributed by atoms with E-state index in [9.17, 15) is 22.4 Å². The molecule has 0 heterocycles. The molecule has 0 bridgehead atoms. The van der Waals surface area contributed by atoms with Crippen molar-refractivity contribution in [2.24, 2.45) is 0 Å². The summed E-state index contributed by atoms with van der Waals surface area (Å²) in [6.07, 6.45) is 1.08. The summed E-state index contributed by atoms with van der Waals surface area (Å²) in [7, 11) is -3.64. The van der Waals surface area contributed by atoms with Gasteiger partial charge in [0.25, 0.3) is 11.8 Å². The highest BCUT2D eigenvalue weighted by Crippen LogP contribution is 2.23. The van der Waals surface area contributed by atoms with Gasteiger partial charge in [-0.1, -0.05) is 24.3 Å². The van der Waals surface area contributed by atoms with Crippen molar-refractivity contribution in [3.8, 4) is 0 Å². The van der Waals surface area contributed by atoms with Gasteiger partial charge in [0.15, 0.2) is 0 Å². The summed E-state index contributed by atoms with van der Waals surface area (Å²) in [4.78, 5) is 25.5. The van der Waals surface area contributed by atoms with Gasteiger partial charge in [0.1, 0.15) is 5.82 Å². The van der Waals surface area contributed by atoms with Gasteiger partial charge in [-0.15, -0.1) is 0 Å². The fraction of sp³-hybridized carbons (Fsp3) is 0.231. The Morgan fingerprint density at radius 1 is 0.886 bits per heavy atom. The number of rotatable bonds is 7. The standard InChI is InChI=1S/C26H28FN3O4S/c1-26(2,3)29-25(32)22-7-5-6-8-23(22)28-24(31)19-11-15-21(16-12-19)30(35(4,33)34)17-18-9-13-20(27)14-10-18/h5-16H,17H2,1-4H3,(H,28,31)(H,29,32). The van der Waals surface area contributed by atoms with Crippen molar-refractivity contribution >= 4 is 33.2 Å². The molecule has 0 aliphatic carbocycles. The predicted molar refractivity (Wildman–Crippen MR) is 135 cm³/mol. The molecule has 3 aromatic rings. The number of sulfonamides is 1. The van der Waals surface area contributed by atoms with Crippen molar-refractivity contribution in [2.75, 3.05) is 15.9 Å². The van der Waals surface area contributed by atoms with Crippen LogP contribution in [0.1, 0.15) is 47.1 Å². The average Bonchev–Trinajstić information content (AvgIpc) is 2.77. The third-order valence-electron chi connectivity index (χ3n) is 4.97. The molecule has 0 saturated carbocycles. The maximum Gasteiger partial charge on any atom is 0.255 e. The van der Waals surface area contributed by atoms with Crippen molar-refractivity contribution in [1.29, 1.82) is 0 Å². The number of para-hydroxylation sites is 1. The fourth-order valence-corrected chi connectivity index (χ4v) is 4.22. The Morgan fingerprint density at radius 3 is 2.06 bits per heavy atom. The molecule has 0 aliphatic heterocycles. The zero-order chi connectivity index (χ0) is 25.8. The second-order valence-corrected chi connectivity index (χ2v) is 11.1. The summed E-state index contributed by atoms with van der Waals surface area (Å²) >= 11 is 0. The number of benzene rings is 3. The highest BCUT2D eigenvalue weighted by Gasteiger charge is 2.21. The second kappa shape index (κ2) is 10.3. The average molecular weight is 498 g/mol. The number of nitrogens with zero attached hydrogens (tertiary/aromatic N) is 1. The van der Waals surface area contributed by atoms with Gasteiger partial charge in [0, 0.05) is 11.1 Å². The van der Waals surface area contributed by atoms with Crippen LogP contribution < -0.4 is 14.9 Å². The van der Waals surface area contributed by atoms with Crippen LogP contribution in [0.3, 0.4) is 0 Å². The first-order valence-corrected chi connectivity index (χ1v) is 12.7. The Bertz CT molecular complexity index is 1320. The number of carbonyl (C=O) groups is 2. The van der Waals surface area contributed by atoms with Crippen molar-refractivity contribution in [3.63, 3.8) is 0 Å². The van der Waals surface area contributed by atoms with Crippen LogP contribution in [-0.4, -0.2) is 32.0 Å². The number of carbonyl (C=O) groups excluding carboxylic acids is 2. The minimum absolute atomic E-state index is 0.0148. The third kappa shape index (κ3) is 7.13. The van der Waals surface area contributed by atoms with Crippen molar-refractivity contribution < 1.29 is 22.4 Å². The van der Waals surface area contributed by atoms with E-state index in [4.69, 9.17) is 0 Å². The van der Waals surface area contributed by atoms with E-state index in [1.54, 1.807) is 24.3 Å². The molecule has 0 atom stereocenters. The molecule has 2 N–H and O–H groups in total. The van der Waals surface area contributed by atoms with Gasteiger partial charge in [-0.3, -0.25) is 13.9 Å². The van der Waals surface area contributed by atoms with E-state index in [0.29, 0.717) is 22.5 Å². The molecule has 9 heteroatoms. The molecule has 7 nitrogen and oxygen atoms in total. The lowest BCUT2D eigenvalue weighted by atomic mass is 10.1. The number of nitrogens with one attached hydrogen (secondary N) is 2. The van der Waals surface area contributed by atoms with E-state index >= 15 is 0 Å². The Morgan fingerprint density at radius 2 is 1.49 bits per heavy atom. The van der Waals surface area contributed by atoms with Crippen molar-refractivity contribution in [2.45, 2.75) is 32.9 Å². The first-order chi connectivity index (χ1) is 16.3. The molecule has 184 valence electrons. The van der Waals surface area contributed by atoms with Crippen LogP contribution in [0.15, 0.2) is 72.8 Å². The lowest BCUT2D eigenvalue weighted by molar-refractivity contribution is 0.0920. The monoisotopic (exact) mass is 497 g/mol. The maximum absolute atomic E-state index is 13.2. The second-order valence-electron chi connectivity index (χ2n) is 9.15. The van der Waals surface area contributed by atoms with E-state index in [-0.39, 0.29) is 18.0 Å². The number of halogens is 1. The van der Waals surface area contributed by atoms with Crippen LogP contribution in [0.2, 0.25) is 0 Å². The molecule has 0 saturated heterocycles. The van der Waals surface area contributed by atoms with Crippen LogP contribution in [0, 0.1) is 5.82 Å². The molecule has 0 unspecified atom stereocenters. The van der Waals surface area contributed by atoms with E-state index in [1.807, 2.05) is 20.8 Å².